The molecule has 3 aliphatic rings. The molecule has 0 aromatic carbocycles. The summed E-state index contributed by atoms with van der Waals surface area (Å²) in [5.74, 6) is 0. The Morgan fingerprint density at radius 1 is 1.11 bits per heavy atom. The molecule has 5 heterocycles. The molecule has 3 saturated heterocycles. The molecule has 3 fully saturated rings. The van der Waals surface area contributed by atoms with Crippen molar-refractivity contribution >= 4 is 0 Å². The molecule has 96 valence electrons. The normalized spacial score (nSPS) is 35.6. The Hall–Kier alpha value is -1.75. The van der Waals surface area contributed by atoms with Crippen LogP contribution in [-0.4, -0.2) is 37.0 Å². The minimum absolute atomic E-state index is 0.171. The van der Waals surface area contributed by atoms with Gasteiger partial charge >= 0.3 is 0 Å². The first-order valence-electron chi connectivity index (χ1n) is 6.98. The Balaban J connectivity index is 1.51. The maximum Gasteiger partial charge on any atom is 0.120 e. The number of aromatic nitrogens is 4. The number of hydrogen-bond acceptors (Lipinski definition) is 4. The van der Waals surface area contributed by atoms with Crippen LogP contribution >= 0.6 is 0 Å². The van der Waals surface area contributed by atoms with Crippen molar-refractivity contribution in [3.8, 4) is 11.3 Å². The first-order chi connectivity index (χ1) is 9.37. The van der Waals surface area contributed by atoms with Crippen molar-refractivity contribution in [1.82, 2.24) is 24.9 Å². The van der Waals surface area contributed by atoms with Crippen LogP contribution in [0.1, 0.15) is 25.7 Å². The molecule has 0 radical (unpaired) electrons. The van der Waals surface area contributed by atoms with Crippen molar-refractivity contribution in [1.29, 1.82) is 0 Å². The summed E-state index contributed by atoms with van der Waals surface area (Å²) < 4.78 is 2.10. The van der Waals surface area contributed by atoms with Crippen LogP contribution in [0.25, 0.3) is 11.3 Å². The standard InChI is InChI=1S/C14H15N5/c1-2-12-8-14(7-11(1)19(12)14)18-9-13(16-17-18)10-3-5-15-6-4-10/h3-6,9,11-12H,1-2,7-8H2/t11-,12+,14?. The third kappa shape index (κ3) is 1.12. The zero-order chi connectivity index (χ0) is 12.4. The summed E-state index contributed by atoms with van der Waals surface area (Å²) in [4.78, 5) is 6.69. The second-order valence-electron chi connectivity index (χ2n) is 5.97. The first kappa shape index (κ1) is 10.1. The molecule has 3 atom stereocenters. The van der Waals surface area contributed by atoms with Gasteiger partial charge in [-0.25, -0.2) is 4.68 Å². The first-order valence-corrected chi connectivity index (χ1v) is 6.98. The fraction of sp³-hybridized carbons (Fsp3) is 0.500. The van der Waals surface area contributed by atoms with Crippen LogP contribution in [-0.2, 0) is 5.66 Å². The van der Waals surface area contributed by atoms with Crippen LogP contribution in [0.2, 0.25) is 0 Å². The van der Waals surface area contributed by atoms with Gasteiger partial charge in [-0.3, -0.25) is 9.88 Å². The van der Waals surface area contributed by atoms with Gasteiger partial charge in [0.15, 0.2) is 0 Å². The fourth-order valence-electron chi connectivity index (χ4n) is 4.29. The second-order valence-corrected chi connectivity index (χ2v) is 5.97. The van der Waals surface area contributed by atoms with E-state index in [0.717, 1.165) is 23.3 Å². The van der Waals surface area contributed by atoms with Crippen molar-refractivity contribution in [3.63, 3.8) is 0 Å². The summed E-state index contributed by atoms with van der Waals surface area (Å²) in [6.07, 6.45) is 10.9. The minimum atomic E-state index is 0.171. The molecular formula is C14H15N5. The minimum Gasteiger partial charge on any atom is -0.273 e. The van der Waals surface area contributed by atoms with E-state index < -0.39 is 0 Å². The molecule has 19 heavy (non-hydrogen) atoms. The predicted molar refractivity (Wildman–Crippen MR) is 69.1 cm³/mol. The molecule has 3 aliphatic heterocycles. The van der Waals surface area contributed by atoms with E-state index in [1.54, 1.807) is 12.4 Å². The third-order valence-electron chi connectivity index (χ3n) is 5.12. The van der Waals surface area contributed by atoms with E-state index in [0.29, 0.717) is 0 Å². The van der Waals surface area contributed by atoms with Crippen LogP contribution in [0.15, 0.2) is 30.7 Å². The summed E-state index contributed by atoms with van der Waals surface area (Å²) in [5, 5.41) is 8.72. The lowest BCUT2D eigenvalue weighted by Gasteiger charge is -2.65. The highest BCUT2D eigenvalue weighted by molar-refractivity contribution is 5.56. The molecule has 0 spiro atoms. The van der Waals surface area contributed by atoms with E-state index in [9.17, 15) is 0 Å². The summed E-state index contributed by atoms with van der Waals surface area (Å²) >= 11 is 0. The number of hydrogen-bond donors (Lipinski definition) is 0. The Labute approximate surface area is 111 Å². The number of nitrogens with zero attached hydrogens (tertiary/aromatic N) is 5. The Bertz CT molecular complexity index is 620. The van der Waals surface area contributed by atoms with Crippen molar-refractivity contribution in [2.24, 2.45) is 0 Å². The molecule has 5 nitrogen and oxygen atoms in total. The topological polar surface area (TPSA) is 46.8 Å². The van der Waals surface area contributed by atoms with E-state index >= 15 is 0 Å². The van der Waals surface area contributed by atoms with Gasteiger partial charge in [0, 0.05) is 42.9 Å². The van der Waals surface area contributed by atoms with E-state index in [1.807, 2.05) is 12.1 Å². The quantitative estimate of drug-likeness (QED) is 0.816. The molecule has 5 rings (SSSR count). The van der Waals surface area contributed by atoms with Crippen LogP contribution in [0, 0.1) is 0 Å². The third-order valence-corrected chi connectivity index (χ3v) is 5.12. The second kappa shape index (κ2) is 3.22. The van der Waals surface area contributed by atoms with Gasteiger partial charge in [0.2, 0.25) is 0 Å². The fourth-order valence-corrected chi connectivity index (χ4v) is 4.29. The average molecular weight is 253 g/mol. The molecule has 1 unspecified atom stereocenters. The lowest BCUT2D eigenvalue weighted by molar-refractivity contribution is -0.225. The average Bonchev–Trinajstić information content (AvgIpc) is 2.94. The largest absolute Gasteiger partial charge is 0.273 e. The Morgan fingerprint density at radius 3 is 2.58 bits per heavy atom. The molecular weight excluding hydrogens is 238 g/mol. The van der Waals surface area contributed by atoms with Crippen LogP contribution in [0.5, 0.6) is 0 Å². The summed E-state index contributed by atoms with van der Waals surface area (Å²) in [6.45, 7) is 0. The molecule has 0 saturated carbocycles. The molecule has 0 bridgehead atoms. The maximum atomic E-state index is 4.39. The number of rotatable bonds is 2. The number of piperidine rings is 1. The van der Waals surface area contributed by atoms with Gasteiger partial charge in [-0.05, 0) is 25.0 Å². The van der Waals surface area contributed by atoms with Crippen LogP contribution in [0.3, 0.4) is 0 Å². The lowest BCUT2D eigenvalue weighted by Crippen LogP contribution is -2.75. The smallest absolute Gasteiger partial charge is 0.120 e. The molecule has 0 N–H and O–H groups in total. The molecule has 2 aromatic rings. The lowest BCUT2D eigenvalue weighted by atomic mass is 9.75. The van der Waals surface area contributed by atoms with Gasteiger partial charge in [0.05, 0.1) is 6.20 Å². The highest BCUT2D eigenvalue weighted by Gasteiger charge is 2.67. The van der Waals surface area contributed by atoms with Gasteiger partial charge < -0.3 is 0 Å². The van der Waals surface area contributed by atoms with Gasteiger partial charge in [0.25, 0.3) is 0 Å². The van der Waals surface area contributed by atoms with E-state index in [1.165, 1.54) is 25.7 Å². The molecule has 5 heteroatoms. The Morgan fingerprint density at radius 2 is 1.84 bits per heavy atom. The van der Waals surface area contributed by atoms with Crippen molar-refractivity contribution < 1.29 is 0 Å². The van der Waals surface area contributed by atoms with E-state index in [-0.39, 0.29) is 5.66 Å². The van der Waals surface area contributed by atoms with Crippen molar-refractivity contribution in [3.05, 3.63) is 30.7 Å². The molecule has 2 aromatic heterocycles. The van der Waals surface area contributed by atoms with Gasteiger partial charge in [-0.1, -0.05) is 5.21 Å². The highest BCUT2D eigenvalue weighted by Crippen LogP contribution is 2.60. The van der Waals surface area contributed by atoms with E-state index in [2.05, 4.69) is 31.1 Å². The summed E-state index contributed by atoms with van der Waals surface area (Å²) in [7, 11) is 0. The Kier molecular flexibility index (Phi) is 1.71. The molecule has 0 aliphatic carbocycles. The zero-order valence-electron chi connectivity index (χ0n) is 10.6. The van der Waals surface area contributed by atoms with Crippen molar-refractivity contribution in [2.45, 2.75) is 43.4 Å². The van der Waals surface area contributed by atoms with E-state index in [4.69, 9.17) is 0 Å². The van der Waals surface area contributed by atoms with Crippen LogP contribution in [0.4, 0.5) is 0 Å². The summed E-state index contributed by atoms with van der Waals surface area (Å²) in [6, 6.07) is 5.59. The predicted octanol–water partition coefficient (Wildman–Crippen LogP) is 1.63. The monoisotopic (exact) mass is 253 g/mol. The highest BCUT2D eigenvalue weighted by atomic mass is 15.6. The number of pyridine rings is 1. The SMILES string of the molecule is c1cc(-c2cn(C34C[C@H]5CC[C@@H](C3)N54)nn2)ccn1. The summed E-state index contributed by atoms with van der Waals surface area (Å²) in [5.41, 5.74) is 2.21. The molecule has 0 amide bonds. The van der Waals surface area contributed by atoms with Crippen LogP contribution < -0.4 is 0 Å². The van der Waals surface area contributed by atoms with Crippen molar-refractivity contribution in [2.75, 3.05) is 0 Å². The van der Waals surface area contributed by atoms with Gasteiger partial charge in [0.1, 0.15) is 11.4 Å². The van der Waals surface area contributed by atoms with Gasteiger partial charge in [-0.2, -0.15) is 0 Å². The van der Waals surface area contributed by atoms with Gasteiger partial charge in [-0.15, -0.1) is 5.10 Å². The maximum absolute atomic E-state index is 4.39. The zero-order valence-corrected chi connectivity index (χ0v) is 10.6.